The number of rotatable bonds is 3. The molecular formula is C14H19ClN2S. The Bertz CT molecular complexity index is 505. The Balaban J connectivity index is 0.00000120. The molecule has 1 N–H and O–H groups in total. The van der Waals surface area contributed by atoms with Gasteiger partial charge in [0, 0.05) is 23.8 Å². The fraction of sp³-hybridized carbons (Fsp3) is 0.429. The quantitative estimate of drug-likeness (QED) is 0.931. The van der Waals surface area contributed by atoms with E-state index in [1.807, 2.05) is 11.3 Å². The van der Waals surface area contributed by atoms with Crippen LogP contribution in [0.25, 0.3) is 10.1 Å². The Morgan fingerprint density at radius 3 is 3.00 bits per heavy atom. The minimum absolute atomic E-state index is 0. The summed E-state index contributed by atoms with van der Waals surface area (Å²) in [5.74, 6) is 0. The molecule has 1 aliphatic rings. The van der Waals surface area contributed by atoms with Crippen molar-refractivity contribution in [2.75, 3.05) is 20.1 Å². The van der Waals surface area contributed by atoms with Gasteiger partial charge in [-0.2, -0.15) is 0 Å². The van der Waals surface area contributed by atoms with Crippen molar-refractivity contribution >= 4 is 33.8 Å². The van der Waals surface area contributed by atoms with Gasteiger partial charge >= 0.3 is 0 Å². The minimum Gasteiger partial charge on any atom is -0.315 e. The molecule has 18 heavy (non-hydrogen) atoms. The second-order valence-electron chi connectivity index (χ2n) is 4.82. The lowest BCUT2D eigenvalue weighted by Crippen LogP contribution is -2.32. The van der Waals surface area contributed by atoms with E-state index in [9.17, 15) is 0 Å². The van der Waals surface area contributed by atoms with Crippen molar-refractivity contribution in [1.82, 2.24) is 10.2 Å². The largest absolute Gasteiger partial charge is 0.315 e. The van der Waals surface area contributed by atoms with E-state index in [4.69, 9.17) is 0 Å². The van der Waals surface area contributed by atoms with Crippen molar-refractivity contribution in [3.05, 3.63) is 35.2 Å². The van der Waals surface area contributed by atoms with E-state index in [1.165, 1.54) is 28.6 Å². The van der Waals surface area contributed by atoms with Crippen LogP contribution in [-0.2, 0) is 6.54 Å². The molecule has 0 amide bonds. The minimum atomic E-state index is 0. The lowest BCUT2D eigenvalue weighted by Gasteiger charge is -2.23. The van der Waals surface area contributed by atoms with E-state index in [-0.39, 0.29) is 12.4 Å². The molecule has 1 aliphatic heterocycles. The van der Waals surface area contributed by atoms with E-state index >= 15 is 0 Å². The number of nitrogens with one attached hydrogen (secondary N) is 1. The fourth-order valence-corrected chi connectivity index (χ4v) is 3.52. The highest BCUT2D eigenvalue weighted by molar-refractivity contribution is 7.17. The van der Waals surface area contributed by atoms with E-state index in [1.54, 1.807) is 0 Å². The molecule has 2 aromatic rings. The van der Waals surface area contributed by atoms with E-state index < -0.39 is 0 Å². The number of hydrogen-bond donors (Lipinski definition) is 1. The summed E-state index contributed by atoms with van der Waals surface area (Å²) in [4.78, 5) is 2.48. The van der Waals surface area contributed by atoms with Crippen molar-refractivity contribution in [1.29, 1.82) is 0 Å². The first-order valence-corrected chi connectivity index (χ1v) is 7.08. The number of fused-ring (bicyclic) bond motifs is 1. The van der Waals surface area contributed by atoms with Crippen LogP contribution in [0.2, 0.25) is 0 Å². The average Bonchev–Trinajstić information content (AvgIpc) is 2.98. The number of benzene rings is 1. The van der Waals surface area contributed by atoms with Crippen LogP contribution in [0.5, 0.6) is 0 Å². The van der Waals surface area contributed by atoms with E-state index in [0.717, 1.165) is 13.1 Å². The van der Waals surface area contributed by atoms with Crippen LogP contribution in [0.1, 0.15) is 12.0 Å². The maximum atomic E-state index is 3.43. The molecule has 0 bridgehead atoms. The molecule has 1 fully saturated rings. The summed E-state index contributed by atoms with van der Waals surface area (Å²) < 4.78 is 1.40. The third kappa shape index (κ3) is 2.69. The highest BCUT2D eigenvalue weighted by Crippen LogP contribution is 2.27. The Labute approximate surface area is 118 Å². The molecule has 3 rings (SSSR count). The van der Waals surface area contributed by atoms with Gasteiger partial charge in [0.25, 0.3) is 0 Å². The number of likely N-dealkylation sites (N-methyl/N-ethyl adjacent to an activating group) is 1. The molecule has 0 saturated carbocycles. The standard InChI is InChI=1S/C14H18N2S.ClH/c1-16(12-6-7-15-8-12)9-11-10-17-14-5-3-2-4-13(11)14;/h2-5,10,12,15H,6-9H2,1H3;1H. The predicted molar refractivity (Wildman–Crippen MR) is 81.8 cm³/mol. The van der Waals surface area contributed by atoms with Gasteiger partial charge in [0.15, 0.2) is 0 Å². The molecule has 98 valence electrons. The molecule has 1 saturated heterocycles. The third-order valence-corrected chi connectivity index (χ3v) is 4.65. The molecular weight excluding hydrogens is 264 g/mol. The third-order valence-electron chi connectivity index (χ3n) is 3.64. The normalized spacial score (nSPS) is 19.3. The monoisotopic (exact) mass is 282 g/mol. The van der Waals surface area contributed by atoms with Crippen molar-refractivity contribution < 1.29 is 0 Å². The van der Waals surface area contributed by atoms with Crippen LogP contribution in [0.15, 0.2) is 29.6 Å². The Kier molecular flexibility index (Phi) is 4.62. The van der Waals surface area contributed by atoms with Crippen molar-refractivity contribution in [3.63, 3.8) is 0 Å². The van der Waals surface area contributed by atoms with E-state index in [2.05, 4.69) is 46.9 Å². The van der Waals surface area contributed by atoms with Crippen LogP contribution in [-0.4, -0.2) is 31.1 Å². The average molecular weight is 283 g/mol. The van der Waals surface area contributed by atoms with Crippen molar-refractivity contribution in [2.45, 2.75) is 19.0 Å². The molecule has 1 atom stereocenters. The van der Waals surface area contributed by atoms with E-state index in [0.29, 0.717) is 6.04 Å². The lowest BCUT2D eigenvalue weighted by molar-refractivity contribution is 0.250. The summed E-state index contributed by atoms with van der Waals surface area (Å²) in [5, 5.41) is 7.17. The summed E-state index contributed by atoms with van der Waals surface area (Å²) in [5.41, 5.74) is 1.47. The predicted octanol–water partition coefficient (Wildman–Crippen LogP) is 3.12. The molecule has 1 unspecified atom stereocenters. The Morgan fingerprint density at radius 1 is 1.39 bits per heavy atom. The maximum absolute atomic E-state index is 3.43. The van der Waals surface area contributed by atoms with Gasteiger partial charge in [0.2, 0.25) is 0 Å². The van der Waals surface area contributed by atoms with Gasteiger partial charge in [0.1, 0.15) is 0 Å². The SMILES string of the molecule is CN(Cc1csc2ccccc12)C1CCNC1.Cl. The second kappa shape index (κ2) is 6.02. The molecule has 4 heteroatoms. The van der Waals surface area contributed by atoms with Crippen LogP contribution < -0.4 is 5.32 Å². The van der Waals surface area contributed by atoms with Gasteiger partial charge in [-0.1, -0.05) is 18.2 Å². The molecule has 0 radical (unpaired) electrons. The Hall–Kier alpha value is -0.610. The van der Waals surface area contributed by atoms with Crippen LogP contribution in [0.3, 0.4) is 0 Å². The molecule has 0 aliphatic carbocycles. The fourth-order valence-electron chi connectivity index (χ4n) is 2.57. The molecule has 2 heterocycles. The zero-order valence-corrected chi connectivity index (χ0v) is 12.2. The molecule has 1 aromatic heterocycles. The molecule has 1 aromatic carbocycles. The summed E-state index contributed by atoms with van der Waals surface area (Å²) in [6.07, 6.45) is 1.28. The first kappa shape index (κ1) is 13.8. The second-order valence-corrected chi connectivity index (χ2v) is 5.73. The van der Waals surface area contributed by atoms with Crippen molar-refractivity contribution in [3.8, 4) is 0 Å². The van der Waals surface area contributed by atoms with Crippen LogP contribution in [0.4, 0.5) is 0 Å². The highest BCUT2D eigenvalue weighted by Gasteiger charge is 2.19. The zero-order valence-electron chi connectivity index (χ0n) is 10.6. The highest BCUT2D eigenvalue weighted by atomic mass is 35.5. The van der Waals surface area contributed by atoms with Crippen LogP contribution >= 0.6 is 23.7 Å². The summed E-state index contributed by atoms with van der Waals surface area (Å²) in [6.45, 7) is 3.37. The van der Waals surface area contributed by atoms with Gasteiger partial charge in [-0.25, -0.2) is 0 Å². The van der Waals surface area contributed by atoms with Gasteiger partial charge in [-0.05, 0) is 42.4 Å². The number of hydrogen-bond acceptors (Lipinski definition) is 3. The maximum Gasteiger partial charge on any atom is 0.0346 e. The first-order chi connectivity index (χ1) is 8.34. The lowest BCUT2D eigenvalue weighted by atomic mass is 10.1. The Morgan fingerprint density at radius 2 is 2.22 bits per heavy atom. The molecule has 2 nitrogen and oxygen atoms in total. The number of thiophene rings is 1. The summed E-state index contributed by atoms with van der Waals surface area (Å²) in [6, 6.07) is 9.40. The smallest absolute Gasteiger partial charge is 0.0346 e. The summed E-state index contributed by atoms with van der Waals surface area (Å²) in [7, 11) is 2.24. The zero-order chi connectivity index (χ0) is 11.7. The first-order valence-electron chi connectivity index (χ1n) is 6.20. The molecule has 0 spiro atoms. The topological polar surface area (TPSA) is 15.3 Å². The van der Waals surface area contributed by atoms with Gasteiger partial charge in [0.05, 0.1) is 0 Å². The number of halogens is 1. The van der Waals surface area contributed by atoms with Crippen molar-refractivity contribution in [2.24, 2.45) is 0 Å². The van der Waals surface area contributed by atoms with Gasteiger partial charge < -0.3 is 5.32 Å². The summed E-state index contributed by atoms with van der Waals surface area (Å²) >= 11 is 1.86. The van der Waals surface area contributed by atoms with Gasteiger partial charge in [-0.3, -0.25) is 4.90 Å². The number of nitrogens with zero attached hydrogens (tertiary/aromatic N) is 1. The van der Waals surface area contributed by atoms with Crippen LogP contribution in [0, 0.1) is 0 Å². The van der Waals surface area contributed by atoms with Gasteiger partial charge in [-0.15, -0.1) is 23.7 Å².